The Hall–Kier alpha value is -1.88. The Morgan fingerprint density at radius 3 is 2.71 bits per heavy atom. The molecule has 3 aliphatic heterocycles. The summed E-state index contributed by atoms with van der Waals surface area (Å²) in [5.41, 5.74) is 2.97. The maximum absolute atomic E-state index is 12.4. The van der Waals surface area contributed by atoms with Gasteiger partial charge in [0.15, 0.2) is 0 Å². The van der Waals surface area contributed by atoms with E-state index >= 15 is 0 Å². The van der Waals surface area contributed by atoms with E-state index in [2.05, 4.69) is 10.6 Å². The van der Waals surface area contributed by atoms with Crippen molar-refractivity contribution in [1.29, 1.82) is 0 Å². The van der Waals surface area contributed by atoms with E-state index in [0.29, 0.717) is 24.4 Å². The van der Waals surface area contributed by atoms with E-state index in [4.69, 9.17) is 0 Å². The normalized spacial score (nSPS) is 27.9. The number of rotatable bonds is 3. The van der Waals surface area contributed by atoms with Crippen molar-refractivity contribution in [3.63, 3.8) is 0 Å². The molecule has 3 heterocycles. The van der Waals surface area contributed by atoms with Gasteiger partial charge in [-0.1, -0.05) is 0 Å². The lowest BCUT2D eigenvalue weighted by molar-refractivity contribution is -0.117. The monoisotopic (exact) mass is 327 g/mol. The number of nitrogens with zero attached hydrogens (tertiary/aromatic N) is 1. The number of benzene rings is 1. The van der Waals surface area contributed by atoms with Crippen LogP contribution in [0.15, 0.2) is 18.2 Å². The van der Waals surface area contributed by atoms with Gasteiger partial charge in [0.25, 0.3) is 0 Å². The maximum atomic E-state index is 12.4. The van der Waals surface area contributed by atoms with Crippen LogP contribution in [0.3, 0.4) is 0 Å². The lowest BCUT2D eigenvalue weighted by Gasteiger charge is -2.28. The highest BCUT2D eigenvalue weighted by Gasteiger charge is 2.34. The van der Waals surface area contributed by atoms with E-state index in [-0.39, 0.29) is 11.8 Å². The molecule has 0 aromatic heterocycles. The smallest absolute Gasteiger partial charge is 0.224 e. The van der Waals surface area contributed by atoms with Crippen LogP contribution in [-0.4, -0.2) is 30.4 Å². The van der Waals surface area contributed by atoms with Crippen LogP contribution in [0.2, 0.25) is 0 Å². The molecule has 5 heteroatoms. The van der Waals surface area contributed by atoms with Gasteiger partial charge in [0.1, 0.15) is 0 Å². The van der Waals surface area contributed by atoms with E-state index in [1.807, 2.05) is 18.2 Å². The highest BCUT2D eigenvalue weighted by molar-refractivity contribution is 5.95. The van der Waals surface area contributed by atoms with Crippen LogP contribution < -0.4 is 15.5 Å². The molecule has 128 valence electrons. The minimum absolute atomic E-state index is 0.0751. The Kier molecular flexibility index (Phi) is 4.04. The van der Waals surface area contributed by atoms with Gasteiger partial charge >= 0.3 is 0 Å². The Bertz CT molecular complexity index is 661. The van der Waals surface area contributed by atoms with Crippen molar-refractivity contribution in [2.24, 2.45) is 5.92 Å². The zero-order valence-corrected chi connectivity index (χ0v) is 14.2. The largest absolute Gasteiger partial charge is 0.326 e. The molecule has 2 saturated heterocycles. The Balaban J connectivity index is 1.37. The van der Waals surface area contributed by atoms with E-state index in [0.717, 1.165) is 42.7 Å². The summed E-state index contributed by atoms with van der Waals surface area (Å²) in [7, 11) is 0. The van der Waals surface area contributed by atoms with Crippen molar-refractivity contribution in [3.05, 3.63) is 23.8 Å². The summed E-state index contributed by atoms with van der Waals surface area (Å²) >= 11 is 0. The number of carbonyl (C=O) groups is 2. The molecule has 0 aliphatic carbocycles. The topological polar surface area (TPSA) is 61.4 Å². The molecule has 1 aromatic carbocycles. The van der Waals surface area contributed by atoms with Crippen molar-refractivity contribution in [3.8, 4) is 0 Å². The van der Waals surface area contributed by atoms with Gasteiger partial charge < -0.3 is 15.5 Å². The number of fused-ring (bicyclic) bond motifs is 3. The second-order valence-electron chi connectivity index (χ2n) is 7.49. The fraction of sp³-hybridized carbons (Fsp3) is 0.579. The van der Waals surface area contributed by atoms with Crippen molar-refractivity contribution in [2.45, 2.75) is 57.5 Å². The highest BCUT2D eigenvalue weighted by atomic mass is 16.2. The third-order valence-corrected chi connectivity index (χ3v) is 5.68. The third-order valence-electron chi connectivity index (χ3n) is 5.68. The van der Waals surface area contributed by atoms with Gasteiger partial charge in [-0.25, -0.2) is 0 Å². The Labute approximate surface area is 142 Å². The number of hydrogen-bond donors (Lipinski definition) is 2. The molecule has 24 heavy (non-hydrogen) atoms. The molecule has 2 atom stereocenters. The second-order valence-corrected chi connectivity index (χ2v) is 7.49. The van der Waals surface area contributed by atoms with Gasteiger partial charge in [-0.05, 0) is 61.8 Å². The van der Waals surface area contributed by atoms with Crippen LogP contribution in [-0.2, 0) is 16.0 Å². The number of piperidine rings is 1. The van der Waals surface area contributed by atoms with Crippen molar-refractivity contribution in [2.75, 3.05) is 16.8 Å². The molecule has 2 bridgehead atoms. The summed E-state index contributed by atoms with van der Waals surface area (Å²) < 4.78 is 0. The van der Waals surface area contributed by atoms with E-state index in [1.165, 1.54) is 12.8 Å². The number of nitrogens with one attached hydrogen (secondary N) is 2. The first-order chi connectivity index (χ1) is 11.6. The molecule has 2 amide bonds. The van der Waals surface area contributed by atoms with Crippen LogP contribution in [0.1, 0.15) is 44.6 Å². The van der Waals surface area contributed by atoms with Gasteiger partial charge in [-0.15, -0.1) is 0 Å². The van der Waals surface area contributed by atoms with Gasteiger partial charge in [-0.2, -0.15) is 0 Å². The number of hydrogen-bond acceptors (Lipinski definition) is 3. The fourth-order valence-electron chi connectivity index (χ4n) is 4.62. The first kappa shape index (κ1) is 15.6. The predicted molar refractivity (Wildman–Crippen MR) is 94.1 cm³/mol. The summed E-state index contributed by atoms with van der Waals surface area (Å²) in [5.74, 6) is 0.695. The van der Waals surface area contributed by atoms with Crippen molar-refractivity contribution in [1.82, 2.24) is 5.32 Å². The Morgan fingerprint density at radius 1 is 1.25 bits per heavy atom. The molecule has 2 fully saturated rings. The van der Waals surface area contributed by atoms with Crippen LogP contribution >= 0.6 is 0 Å². The lowest BCUT2D eigenvalue weighted by atomic mass is 9.89. The van der Waals surface area contributed by atoms with Crippen LogP contribution in [0.25, 0.3) is 0 Å². The third kappa shape index (κ3) is 3.05. The summed E-state index contributed by atoms with van der Waals surface area (Å²) in [6.07, 6.45) is 6.26. The molecule has 0 radical (unpaired) electrons. The SMILES string of the molecule is CC(=O)N1CCc2cc(NC(=O)CC3CC4CCC(C3)N4)ccc21. The number of amides is 2. The first-order valence-corrected chi connectivity index (χ1v) is 9.05. The van der Waals surface area contributed by atoms with Crippen LogP contribution in [0.4, 0.5) is 11.4 Å². The van der Waals surface area contributed by atoms with E-state index in [1.54, 1.807) is 11.8 Å². The minimum Gasteiger partial charge on any atom is -0.326 e. The van der Waals surface area contributed by atoms with Gasteiger partial charge in [0.2, 0.25) is 11.8 Å². The average Bonchev–Trinajstić information content (AvgIpc) is 3.10. The van der Waals surface area contributed by atoms with Crippen molar-refractivity contribution >= 4 is 23.2 Å². The summed E-state index contributed by atoms with van der Waals surface area (Å²) in [6.45, 7) is 2.33. The molecule has 1 aromatic rings. The van der Waals surface area contributed by atoms with Crippen LogP contribution in [0, 0.1) is 5.92 Å². The zero-order valence-electron chi connectivity index (χ0n) is 14.2. The Morgan fingerprint density at radius 2 is 2.00 bits per heavy atom. The highest BCUT2D eigenvalue weighted by Crippen LogP contribution is 2.33. The standard InChI is InChI=1S/C19H25N3O2/c1-12(23)22-7-6-14-11-17(4-5-18(14)22)21-19(24)10-13-8-15-2-3-16(9-13)20-15/h4-5,11,13,15-16,20H,2-3,6-10H2,1H3,(H,21,24). The zero-order chi connectivity index (χ0) is 16.7. The van der Waals surface area contributed by atoms with E-state index < -0.39 is 0 Å². The minimum atomic E-state index is 0.0751. The van der Waals surface area contributed by atoms with E-state index in [9.17, 15) is 9.59 Å². The fourth-order valence-corrected chi connectivity index (χ4v) is 4.62. The quantitative estimate of drug-likeness (QED) is 0.896. The van der Waals surface area contributed by atoms with Crippen LogP contribution in [0.5, 0.6) is 0 Å². The number of carbonyl (C=O) groups excluding carboxylic acids is 2. The lowest BCUT2D eigenvalue weighted by Crippen LogP contribution is -2.39. The average molecular weight is 327 g/mol. The second kappa shape index (κ2) is 6.20. The summed E-state index contributed by atoms with van der Waals surface area (Å²) in [6, 6.07) is 7.12. The maximum Gasteiger partial charge on any atom is 0.224 e. The summed E-state index contributed by atoms with van der Waals surface area (Å²) in [4.78, 5) is 25.8. The first-order valence-electron chi connectivity index (χ1n) is 9.05. The predicted octanol–water partition coefficient (Wildman–Crippen LogP) is 2.45. The molecule has 3 aliphatic rings. The van der Waals surface area contributed by atoms with Gasteiger partial charge in [0, 0.05) is 43.3 Å². The van der Waals surface area contributed by atoms with Gasteiger partial charge in [-0.3, -0.25) is 9.59 Å². The molecule has 2 N–H and O–H groups in total. The van der Waals surface area contributed by atoms with Crippen molar-refractivity contribution < 1.29 is 9.59 Å². The van der Waals surface area contributed by atoms with Gasteiger partial charge in [0.05, 0.1) is 0 Å². The molecule has 5 nitrogen and oxygen atoms in total. The number of anilines is 2. The molecular weight excluding hydrogens is 302 g/mol. The molecule has 4 rings (SSSR count). The molecular formula is C19H25N3O2. The molecule has 0 spiro atoms. The summed E-state index contributed by atoms with van der Waals surface area (Å²) in [5, 5.41) is 6.67. The molecule has 2 unspecified atom stereocenters. The molecule has 0 saturated carbocycles.